The molecular weight excluding hydrogens is 316 g/mol. The number of aromatic nitrogens is 1. The van der Waals surface area contributed by atoms with Crippen LogP contribution < -0.4 is 4.90 Å². The standard InChI is InChI=1S/C12H17BrN2O2S/c1-3-17-11(16)9-4-5-15(6-8(9)2)12-14-10(13)7-18-12/h7-9H,3-6H2,1-2H3. The number of esters is 1. The minimum atomic E-state index is -0.0510. The average molecular weight is 333 g/mol. The molecule has 0 aromatic carbocycles. The first-order chi connectivity index (χ1) is 8.61. The molecule has 2 heterocycles. The zero-order valence-corrected chi connectivity index (χ0v) is 13.0. The highest BCUT2D eigenvalue weighted by Gasteiger charge is 2.33. The molecule has 0 amide bonds. The smallest absolute Gasteiger partial charge is 0.309 e. The van der Waals surface area contributed by atoms with E-state index in [-0.39, 0.29) is 11.9 Å². The predicted molar refractivity (Wildman–Crippen MR) is 75.9 cm³/mol. The molecule has 1 aromatic rings. The number of thiazole rings is 1. The van der Waals surface area contributed by atoms with Gasteiger partial charge in [-0.3, -0.25) is 4.79 Å². The second kappa shape index (κ2) is 6.02. The van der Waals surface area contributed by atoms with E-state index in [9.17, 15) is 4.79 Å². The third kappa shape index (κ3) is 3.03. The van der Waals surface area contributed by atoms with Gasteiger partial charge in [-0.15, -0.1) is 11.3 Å². The highest BCUT2D eigenvalue weighted by atomic mass is 79.9. The van der Waals surface area contributed by atoms with Gasteiger partial charge in [-0.2, -0.15) is 0 Å². The van der Waals surface area contributed by atoms with E-state index in [1.807, 2.05) is 12.3 Å². The molecule has 2 atom stereocenters. The van der Waals surface area contributed by atoms with E-state index in [1.54, 1.807) is 11.3 Å². The van der Waals surface area contributed by atoms with Crippen molar-refractivity contribution in [1.82, 2.24) is 4.98 Å². The van der Waals surface area contributed by atoms with Crippen LogP contribution in [-0.2, 0) is 9.53 Å². The van der Waals surface area contributed by atoms with Crippen molar-refractivity contribution in [2.75, 3.05) is 24.6 Å². The summed E-state index contributed by atoms with van der Waals surface area (Å²) < 4.78 is 6.00. The molecule has 2 rings (SSSR count). The van der Waals surface area contributed by atoms with Gasteiger partial charge in [0, 0.05) is 18.5 Å². The summed E-state index contributed by atoms with van der Waals surface area (Å²) in [7, 11) is 0. The first-order valence-corrected chi connectivity index (χ1v) is 7.81. The van der Waals surface area contributed by atoms with E-state index in [1.165, 1.54) is 0 Å². The van der Waals surface area contributed by atoms with Crippen molar-refractivity contribution in [3.8, 4) is 0 Å². The molecule has 0 bridgehead atoms. The van der Waals surface area contributed by atoms with E-state index in [0.29, 0.717) is 12.5 Å². The van der Waals surface area contributed by atoms with Crippen molar-refractivity contribution < 1.29 is 9.53 Å². The number of piperidine rings is 1. The van der Waals surface area contributed by atoms with Gasteiger partial charge in [0.25, 0.3) is 0 Å². The van der Waals surface area contributed by atoms with Gasteiger partial charge < -0.3 is 9.64 Å². The summed E-state index contributed by atoms with van der Waals surface area (Å²) in [6, 6.07) is 0. The van der Waals surface area contributed by atoms with Gasteiger partial charge >= 0.3 is 5.97 Å². The zero-order chi connectivity index (χ0) is 13.1. The van der Waals surface area contributed by atoms with Gasteiger partial charge in [0.05, 0.1) is 12.5 Å². The van der Waals surface area contributed by atoms with Crippen molar-refractivity contribution in [2.24, 2.45) is 11.8 Å². The van der Waals surface area contributed by atoms with E-state index in [2.05, 4.69) is 32.7 Å². The molecule has 0 N–H and O–H groups in total. The molecule has 2 unspecified atom stereocenters. The van der Waals surface area contributed by atoms with Crippen LogP contribution in [-0.4, -0.2) is 30.6 Å². The fourth-order valence-corrected chi connectivity index (χ4v) is 3.60. The number of hydrogen-bond donors (Lipinski definition) is 0. The van der Waals surface area contributed by atoms with Crippen LogP contribution in [0.3, 0.4) is 0 Å². The Morgan fingerprint density at radius 3 is 3.06 bits per heavy atom. The summed E-state index contributed by atoms with van der Waals surface area (Å²) in [5.41, 5.74) is 0. The Morgan fingerprint density at radius 2 is 2.50 bits per heavy atom. The molecule has 1 aliphatic heterocycles. The van der Waals surface area contributed by atoms with Gasteiger partial charge in [-0.25, -0.2) is 4.98 Å². The minimum Gasteiger partial charge on any atom is -0.466 e. The van der Waals surface area contributed by atoms with Gasteiger partial charge in [0.2, 0.25) is 0 Å². The molecule has 100 valence electrons. The molecule has 1 saturated heterocycles. The highest BCUT2D eigenvalue weighted by Crippen LogP contribution is 2.31. The van der Waals surface area contributed by atoms with Crippen LogP contribution in [0.2, 0.25) is 0 Å². The van der Waals surface area contributed by atoms with Crippen LogP contribution in [0.1, 0.15) is 20.3 Å². The molecule has 0 aliphatic carbocycles. The Bertz CT molecular complexity index is 424. The Labute approximate surface area is 119 Å². The van der Waals surface area contributed by atoms with Crippen molar-refractivity contribution in [2.45, 2.75) is 20.3 Å². The molecule has 1 fully saturated rings. The van der Waals surface area contributed by atoms with Crippen molar-refractivity contribution >= 4 is 38.4 Å². The minimum absolute atomic E-state index is 0.0320. The van der Waals surface area contributed by atoms with Crippen molar-refractivity contribution in [3.05, 3.63) is 9.98 Å². The van der Waals surface area contributed by atoms with Crippen molar-refractivity contribution in [1.29, 1.82) is 0 Å². The van der Waals surface area contributed by atoms with Crippen LogP contribution in [0.5, 0.6) is 0 Å². The van der Waals surface area contributed by atoms with Crippen LogP contribution in [0.15, 0.2) is 9.98 Å². The molecular formula is C12H17BrN2O2S. The maximum atomic E-state index is 11.8. The average Bonchev–Trinajstić information content (AvgIpc) is 2.76. The fraction of sp³-hybridized carbons (Fsp3) is 0.667. The number of rotatable bonds is 3. The normalized spacial score (nSPS) is 24.1. The largest absolute Gasteiger partial charge is 0.466 e. The summed E-state index contributed by atoms with van der Waals surface area (Å²) >= 11 is 5.00. The van der Waals surface area contributed by atoms with E-state index in [4.69, 9.17) is 4.74 Å². The van der Waals surface area contributed by atoms with Gasteiger partial charge in [0.1, 0.15) is 4.60 Å². The number of nitrogens with zero attached hydrogens (tertiary/aromatic N) is 2. The third-order valence-corrected chi connectivity index (χ3v) is 4.84. The van der Waals surface area contributed by atoms with Gasteiger partial charge in [-0.05, 0) is 35.2 Å². The monoisotopic (exact) mass is 332 g/mol. The topological polar surface area (TPSA) is 42.4 Å². The van der Waals surface area contributed by atoms with E-state index < -0.39 is 0 Å². The summed E-state index contributed by atoms with van der Waals surface area (Å²) in [4.78, 5) is 18.5. The highest BCUT2D eigenvalue weighted by molar-refractivity contribution is 9.10. The first-order valence-electron chi connectivity index (χ1n) is 6.14. The maximum absolute atomic E-state index is 11.8. The Balaban J connectivity index is 1.97. The molecule has 1 aliphatic rings. The van der Waals surface area contributed by atoms with E-state index in [0.717, 1.165) is 29.2 Å². The molecule has 0 radical (unpaired) electrons. The van der Waals surface area contributed by atoms with Crippen LogP contribution in [0.4, 0.5) is 5.13 Å². The predicted octanol–water partition coefficient (Wildman–Crippen LogP) is 2.93. The molecule has 0 spiro atoms. The molecule has 6 heteroatoms. The molecule has 4 nitrogen and oxygen atoms in total. The van der Waals surface area contributed by atoms with Crippen LogP contribution in [0.25, 0.3) is 0 Å². The number of anilines is 1. The number of halogens is 1. The van der Waals surface area contributed by atoms with Crippen molar-refractivity contribution in [3.63, 3.8) is 0 Å². The summed E-state index contributed by atoms with van der Waals surface area (Å²) in [6.07, 6.45) is 0.844. The van der Waals surface area contributed by atoms with Gasteiger partial charge in [-0.1, -0.05) is 6.92 Å². The maximum Gasteiger partial charge on any atom is 0.309 e. The lowest BCUT2D eigenvalue weighted by atomic mass is 9.87. The number of carbonyl (C=O) groups is 1. The Morgan fingerprint density at radius 1 is 1.72 bits per heavy atom. The lowest BCUT2D eigenvalue weighted by Gasteiger charge is -2.35. The third-order valence-electron chi connectivity index (χ3n) is 3.23. The quantitative estimate of drug-likeness (QED) is 0.798. The number of hydrogen-bond acceptors (Lipinski definition) is 5. The fourth-order valence-electron chi connectivity index (χ4n) is 2.31. The first kappa shape index (κ1) is 13.8. The Hall–Kier alpha value is -0.620. The zero-order valence-electron chi connectivity index (χ0n) is 10.6. The summed E-state index contributed by atoms with van der Waals surface area (Å²) in [6.45, 7) is 6.16. The lowest BCUT2D eigenvalue weighted by molar-refractivity contribution is -0.150. The molecule has 0 saturated carbocycles. The second-order valence-corrected chi connectivity index (χ2v) is 6.17. The number of carbonyl (C=O) groups excluding carboxylic acids is 1. The Kier molecular flexibility index (Phi) is 4.61. The second-order valence-electron chi connectivity index (χ2n) is 4.52. The summed E-state index contributed by atoms with van der Waals surface area (Å²) in [5.74, 6) is 0.287. The van der Waals surface area contributed by atoms with Gasteiger partial charge in [0.15, 0.2) is 5.13 Å². The number of ether oxygens (including phenoxy) is 1. The van der Waals surface area contributed by atoms with Crippen LogP contribution >= 0.6 is 27.3 Å². The summed E-state index contributed by atoms with van der Waals surface area (Å²) in [5, 5.41) is 3.01. The van der Waals surface area contributed by atoms with E-state index >= 15 is 0 Å². The molecule has 1 aromatic heterocycles. The lowest BCUT2D eigenvalue weighted by Crippen LogP contribution is -2.42. The molecule has 18 heavy (non-hydrogen) atoms. The van der Waals surface area contributed by atoms with Crippen LogP contribution in [0, 0.1) is 11.8 Å². The SMILES string of the molecule is CCOC(=O)C1CCN(c2nc(Br)cs2)CC1C.